The van der Waals surface area contributed by atoms with E-state index in [4.69, 9.17) is 5.26 Å². The quantitative estimate of drug-likeness (QED) is 0.438. The molecule has 0 unspecified atom stereocenters. The molecule has 0 radical (unpaired) electrons. The molecule has 0 bridgehead atoms. The van der Waals surface area contributed by atoms with Gasteiger partial charge >= 0.3 is 0 Å². The number of nitrogens with zero attached hydrogens (tertiary/aromatic N) is 1. The highest BCUT2D eigenvalue weighted by Gasteiger charge is 2.11. The summed E-state index contributed by atoms with van der Waals surface area (Å²) in [5.74, 6) is -1.68. The van der Waals surface area contributed by atoms with Crippen LogP contribution < -0.4 is 0 Å². The highest BCUT2D eigenvalue weighted by Crippen LogP contribution is 2.27. The van der Waals surface area contributed by atoms with Gasteiger partial charge in [-0.3, -0.25) is 0 Å². The van der Waals surface area contributed by atoms with Gasteiger partial charge in [-0.2, -0.15) is 5.26 Å². The van der Waals surface area contributed by atoms with Crippen molar-refractivity contribution in [3.63, 3.8) is 0 Å². The van der Waals surface area contributed by atoms with Crippen LogP contribution in [0.5, 0.6) is 0 Å². The number of benzene rings is 3. The van der Waals surface area contributed by atoms with Crippen molar-refractivity contribution in [3.05, 3.63) is 83.4 Å². The van der Waals surface area contributed by atoms with Crippen molar-refractivity contribution in [2.24, 2.45) is 0 Å². The summed E-state index contributed by atoms with van der Waals surface area (Å²) in [5.41, 5.74) is 4.08. The van der Waals surface area contributed by atoms with E-state index in [-0.39, 0.29) is 0 Å². The van der Waals surface area contributed by atoms with Gasteiger partial charge in [0.2, 0.25) is 0 Å². The molecule has 0 saturated carbocycles. The lowest BCUT2D eigenvalue weighted by atomic mass is 9.98. The molecule has 3 rings (SSSR count). The van der Waals surface area contributed by atoms with Gasteiger partial charge in [0.15, 0.2) is 0 Å². The molecule has 1 nitrogen and oxygen atoms in total. The van der Waals surface area contributed by atoms with Crippen molar-refractivity contribution in [3.8, 4) is 28.3 Å². The Morgan fingerprint density at radius 3 is 1.70 bits per heavy atom. The summed E-state index contributed by atoms with van der Waals surface area (Å²) in [7, 11) is 0. The predicted octanol–water partition coefficient (Wildman–Crippen LogP) is 6.90. The number of unbranched alkanes of at least 4 members (excludes halogenated alkanes) is 2. The molecule has 0 aliphatic rings. The van der Waals surface area contributed by atoms with Crippen LogP contribution in [-0.4, -0.2) is 0 Å². The molecular formula is C24H21F2N. The number of aryl methyl sites for hydroxylation is 1. The fourth-order valence-electron chi connectivity index (χ4n) is 3.14. The highest BCUT2D eigenvalue weighted by atomic mass is 19.1. The molecule has 27 heavy (non-hydrogen) atoms. The third-order valence-corrected chi connectivity index (χ3v) is 4.73. The van der Waals surface area contributed by atoms with E-state index in [1.54, 1.807) is 6.07 Å². The van der Waals surface area contributed by atoms with E-state index in [0.717, 1.165) is 17.5 Å². The molecule has 0 amide bonds. The first kappa shape index (κ1) is 18.8. The maximum absolute atomic E-state index is 13.8. The minimum atomic E-state index is -0.838. The highest BCUT2D eigenvalue weighted by molar-refractivity contribution is 5.71. The Morgan fingerprint density at radius 2 is 1.22 bits per heavy atom. The molecule has 3 aromatic carbocycles. The fourth-order valence-corrected chi connectivity index (χ4v) is 3.14. The molecule has 0 saturated heterocycles. The lowest BCUT2D eigenvalue weighted by Gasteiger charge is -2.07. The molecule has 0 aliphatic heterocycles. The van der Waals surface area contributed by atoms with Gasteiger partial charge in [0.05, 0.1) is 0 Å². The van der Waals surface area contributed by atoms with Crippen LogP contribution in [0.25, 0.3) is 22.3 Å². The van der Waals surface area contributed by atoms with E-state index >= 15 is 0 Å². The number of halogens is 2. The third kappa shape index (κ3) is 4.41. The van der Waals surface area contributed by atoms with Gasteiger partial charge in [0.25, 0.3) is 0 Å². The van der Waals surface area contributed by atoms with Gasteiger partial charge in [-0.25, -0.2) is 8.78 Å². The molecule has 3 heteroatoms. The Morgan fingerprint density at radius 1 is 0.741 bits per heavy atom. The van der Waals surface area contributed by atoms with Crippen LogP contribution in [-0.2, 0) is 6.42 Å². The van der Waals surface area contributed by atoms with Crippen molar-refractivity contribution < 1.29 is 8.78 Å². The minimum Gasteiger partial charge on any atom is -0.205 e. The zero-order chi connectivity index (χ0) is 19.2. The minimum absolute atomic E-state index is 0.418. The summed E-state index contributed by atoms with van der Waals surface area (Å²) in [6, 6.07) is 20.0. The number of rotatable bonds is 6. The average Bonchev–Trinajstić information content (AvgIpc) is 2.69. The molecule has 3 aromatic rings. The van der Waals surface area contributed by atoms with E-state index in [9.17, 15) is 8.78 Å². The van der Waals surface area contributed by atoms with Crippen molar-refractivity contribution in [1.29, 1.82) is 5.26 Å². The van der Waals surface area contributed by atoms with Crippen LogP contribution in [0, 0.1) is 23.0 Å². The molecule has 0 spiro atoms. The predicted molar refractivity (Wildman–Crippen MR) is 105 cm³/mol. The standard InChI is InChI=1S/C24H21F2N/c1-2-3-4-5-17-6-8-18(9-7-17)19-10-12-20(13-11-19)21-14-23(25)22(16-27)24(26)15-21/h6-15H,2-5H2,1H3. The first-order valence-electron chi connectivity index (χ1n) is 9.21. The molecule has 0 atom stereocenters. The van der Waals surface area contributed by atoms with Crippen LogP contribution in [0.15, 0.2) is 60.7 Å². The Labute approximate surface area is 158 Å². The van der Waals surface area contributed by atoms with Gasteiger partial charge in [0.1, 0.15) is 23.3 Å². The molecule has 0 aromatic heterocycles. The van der Waals surface area contributed by atoms with Gasteiger partial charge in [-0.05, 0) is 52.8 Å². The molecule has 136 valence electrons. The van der Waals surface area contributed by atoms with Crippen molar-refractivity contribution in [2.75, 3.05) is 0 Å². The van der Waals surface area contributed by atoms with Crippen molar-refractivity contribution in [2.45, 2.75) is 32.6 Å². The van der Waals surface area contributed by atoms with Crippen LogP contribution in [0.2, 0.25) is 0 Å². The molecule has 0 fully saturated rings. The zero-order valence-electron chi connectivity index (χ0n) is 15.3. The first-order chi connectivity index (χ1) is 13.1. The van der Waals surface area contributed by atoms with Crippen LogP contribution >= 0.6 is 0 Å². The lowest BCUT2D eigenvalue weighted by Crippen LogP contribution is -1.92. The summed E-state index contributed by atoms with van der Waals surface area (Å²) < 4.78 is 27.7. The van der Waals surface area contributed by atoms with Crippen LogP contribution in [0.3, 0.4) is 0 Å². The summed E-state index contributed by atoms with van der Waals surface area (Å²) >= 11 is 0. The molecule has 0 heterocycles. The van der Waals surface area contributed by atoms with Gasteiger partial charge < -0.3 is 0 Å². The van der Waals surface area contributed by atoms with Gasteiger partial charge in [-0.1, -0.05) is 68.3 Å². The molecule has 0 aliphatic carbocycles. The fraction of sp³-hybridized carbons (Fsp3) is 0.208. The Balaban J connectivity index is 1.79. The summed E-state index contributed by atoms with van der Waals surface area (Å²) in [6.07, 6.45) is 4.78. The van der Waals surface area contributed by atoms with Crippen LogP contribution in [0.4, 0.5) is 8.78 Å². The smallest absolute Gasteiger partial charge is 0.144 e. The molecular weight excluding hydrogens is 340 g/mol. The van der Waals surface area contributed by atoms with Gasteiger partial charge in [0, 0.05) is 0 Å². The number of nitriles is 1. The normalized spacial score (nSPS) is 10.6. The zero-order valence-corrected chi connectivity index (χ0v) is 15.3. The average molecular weight is 361 g/mol. The van der Waals surface area contributed by atoms with E-state index in [0.29, 0.717) is 11.1 Å². The first-order valence-corrected chi connectivity index (χ1v) is 9.21. The van der Waals surface area contributed by atoms with Crippen LogP contribution in [0.1, 0.15) is 37.3 Å². The maximum atomic E-state index is 13.8. The number of hydrogen-bond acceptors (Lipinski definition) is 1. The second kappa shape index (κ2) is 8.60. The topological polar surface area (TPSA) is 23.8 Å². The summed E-state index contributed by atoms with van der Waals surface area (Å²) in [5, 5.41) is 8.77. The Hall–Kier alpha value is -2.99. The second-order valence-electron chi connectivity index (χ2n) is 6.66. The Bertz CT molecular complexity index is 928. The Kier molecular flexibility index (Phi) is 5.98. The molecule has 0 N–H and O–H groups in total. The van der Waals surface area contributed by atoms with E-state index < -0.39 is 17.2 Å². The second-order valence-corrected chi connectivity index (χ2v) is 6.66. The van der Waals surface area contributed by atoms with Crippen molar-refractivity contribution in [1.82, 2.24) is 0 Å². The summed E-state index contributed by atoms with van der Waals surface area (Å²) in [6.45, 7) is 2.20. The van der Waals surface area contributed by atoms with Crippen molar-refractivity contribution >= 4 is 0 Å². The van der Waals surface area contributed by atoms with Gasteiger partial charge in [-0.15, -0.1) is 0 Å². The number of hydrogen-bond donors (Lipinski definition) is 0. The third-order valence-electron chi connectivity index (χ3n) is 4.73. The van der Waals surface area contributed by atoms with E-state index in [2.05, 4.69) is 31.2 Å². The SMILES string of the molecule is CCCCCc1ccc(-c2ccc(-c3cc(F)c(C#N)c(F)c3)cc2)cc1. The summed E-state index contributed by atoms with van der Waals surface area (Å²) in [4.78, 5) is 0. The maximum Gasteiger partial charge on any atom is 0.144 e. The lowest BCUT2D eigenvalue weighted by molar-refractivity contribution is 0.577. The van der Waals surface area contributed by atoms with E-state index in [1.807, 2.05) is 24.3 Å². The monoisotopic (exact) mass is 361 g/mol. The van der Waals surface area contributed by atoms with E-state index in [1.165, 1.54) is 37.0 Å². The largest absolute Gasteiger partial charge is 0.205 e.